The predicted molar refractivity (Wildman–Crippen MR) is 248 cm³/mol. The van der Waals surface area contributed by atoms with Gasteiger partial charge >= 0.3 is 0 Å². The SMILES string of the molecule is C/C(=N/N=C(N)N)c1cc(NC(=O)CCCCCCCCC(=O)Nc2cc(/C(C)=N\N=C(N)N)cc(/C(C)=N\N=C(N)N)c2)cc(/C(C)=N\N=C(N)N)c1.Cl.Cl.Cl.Cl. The Morgan fingerprint density at radius 1 is 0.397 bits per heavy atom. The van der Waals surface area contributed by atoms with E-state index in [0.29, 0.717) is 82.2 Å². The lowest BCUT2D eigenvalue weighted by atomic mass is 10.0. The summed E-state index contributed by atoms with van der Waals surface area (Å²) in [6, 6.07) is 10.7. The van der Waals surface area contributed by atoms with Gasteiger partial charge in [0.1, 0.15) is 0 Å². The maximum absolute atomic E-state index is 12.8. The number of nitrogens with one attached hydrogen (secondary N) is 2. The number of unbranched alkanes of at least 4 members (excludes halogenated alkanes) is 5. The Labute approximate surface area is 362 Å². The smallest absolute Gasteiger partial charge is 0.224 e. The molecule has 0 heterocycles. The Hall–Kier alpha value is -5.70. The van der Waals surface area contributed by atoms with Crippen molar-refractivity contribution in [3.05, 3.63) is 58.7 Å². The summed E-state index contributed by atoms with van der Waals surface area (Å²) in [4.78, 5) is 25.7. The number of rotatable bonds is 19. The lowest BCUT2D eigenvalue weighted by Crippen LogP contribution is -2.22. The number of anilines is 2. The van der Waals surface area contributed by atoms with Crippen LogP contribution in [0.5, 0.6) is 0 Å². The van der Waals surface area contributed by atoms with Gasteiger partial charge in [0, 0.05) is 46.5 Å². The Bertz CT molecular complexity index is 1650. The summed E-state index contributed by atoms with van der Waals surface area (Å²) < 4.78 is 0. The molecule has 18 N–H and O–H groups in total. The highest BCUT2D eigenvalue weighted by Crippen LogP contribution is 2.20. The van der Waals surface area contributed by atoms with Gasteiger partial charge in [-0.25, -0.2) is 0 Å². The third-order valence-electron chi connectivity index (χ3n) is 7.42. The zero-order chi connectivity index (χ0) is 40.2. The summed E-state index contributed by atoms with van der Waals surface area (Å²) in [7, 11) is 0. The number of carbonyl (C=O) groups excluding carboxylic acids is 2. The quantitative estimate of drug-likeness (QED) is 0.0425. The minimum atomic E-state index is -0.185. The molecule has 24 heteroatoms. The van der Waals surface area contributed by atoms with Gasteiger partial charge in [-0.3, -0.25) is 9.59 Å². The van der Waals surface area contributed by atoms with Gasteiger partial charge in [0.2, 0.25) is 35.7 Å². The first kappa shape index (κ1) is 56.6. The molecule has 2 rings (SSSR count). The second-order valence-electron chi connectivity index (χ2n) is 12.2. The number of hydrogen-bond donors (Lipinski definition) is 10. The van der Waals surface area contributed by atoms with E-state index in [0.717, 1.165) is 25.7 Å². The minimum absolute atomic E-state index is 0. The molecule has 2 aromatic carbocycles. The molecule has 0 radical (unpaired) electrons. The van der Waals surface area contributed by atoms with E-state index in [1.165, 1.54) is 0 Å². The summed E-state index contributed by atoms with van der Waals surface area (Å²) in [6.45, 7) is 6.92. The minimum Gasteiger partial charge on any atom is -0.369 e. The number of guanidine groups is 4. The monoisotopic (exact) mass is 888 g/mol. The van der Waals surface area contributed by atoms with Gasteiger partial charge in [0.15, 0.2) is 0 Å². The van der Waals surface area contributed by atoms with Crippen LogP contribution in [0.2, 0.25) is 0 Å². The van der Waals surface area contributed by atoms with E-state index in [1.54, 1.807) is 64.1 Å². The van der Waals surface area contributed by atoms with Crippen LogP contribution in [0, 0.1) is 0 Å². The van der Waals surface area contributed by atoms with Crippen LogP contribution in [0.15, 0.2) is 77.2 Å². The van der Waals surface area contributed by atoms with Crippen molar-refractivity contribution in [2.24, 2.45) is 86.7 Å². The molecule has 0 aliphatic carbocycles. The number of halogens is 4. The number of nitrogens with zero attached hydrogens (tertiary/aromatic N) is 8. The van der Waals surface area contributed by atoms with Crippen molar-refractivity contribution in [2.45, 2.75) is 79.1 Å². The van der Waals surface area contributed by atoms with Gasteiger partial charge in [-0.2, -0.15) is 20.4 Å². The molecule has 2 amide bonds. The highest BCUT2D eigenvalue weighted by atomic mass is 35.5. The van der Waals surface area contributed by atoms with E-state index in [9.17, 15) is 9.59 Å². The third kappa shape index (κ3) is 22.8. The zero-order valence-electron chi connectivity index (χ0n) is 32.8. The molecule has 0 spiro atoms. The average molecular weight is 891 g/mol. The largest absolute Gasteiger partial charge is 0.369 e. The third-order valence-corrected chi connectivity index (χ3v) is 7.42. The van der Waals surface area contributed by atoms with Crippen LogP contribution in [-0.4, -0.2) is 58.5 Å². The summed E-state index contributed by atoms with van der Waals surface area (Å²) >= 11 is 0. The first-order valence-electron chi connectivity index (χ1n) is 17.0. The second-order valence-corrected chi connectivity index (χ2v) is 12.2. The van der Waals surface area contributed by atoms with Crippen LogP contribution >= 0.6 is 49.6 Å². The highest BCUT2D eigenvalue weighted by molar-refractivity contribution is 6.07. The van der Waals surface area contributed by atoms with Gasteiger partial charge in [0.05, 0.1) is 22.8 Å². The lowest BCUT2D eigenvalue weighted by molar-refractivity contribution is -0.117. The molecule has 0 saturated carbocycles. The highest BCUT2D eigenvalue weighted by Gasteiger charge is 2.12. The summed E-state index contributed by atoms with van der Waals surface area (Å²) in [6.07, 6.45) is 5.62. The molecule has 0 saturated heterocycles. The summed E-state index contributed by atoms with van der Waals surface area (Å²) in [5.41, 5.74) is 49.0. The van der Waals surface area contributed by atoms with Gasteiger partial charge in [-0.1, -0.05) is 25.7 Å². The van der Waals surface area contributed by atoms with Crippen molar-refractivity contribution in [1.29, 1.82) is 0 Å². The molecule has 20 nitrogen and oxygen atoms in total. The molecule has 0 bridgehead atoms. The molecule has 58 heavy (non-hydrogen) atoms. The van der Waals surface area contributed by atoms with Crippen molar-refractivity contribution >= 4 is 120 Å². The molecule has 322 valence electrons. The number of amides is 2. The molecule has 0 aliphatic rings. The van der Waals surface area contributed by atoms with E-state index >= 15 is 0 Å². The van der Waals surface area contributed by atoms with Crippen molar-refractivity contribution in [2.75, 3.05) is 10.6 Å². The van der Waals surface area contributed by atoms with Crippen LogP contribution in [0.4, 0.5) is 11.4 Å². The molecule has 2 aromatic rings. The second kappa shape index (κ2) is 29.5. The fourth-order valence-electron chi connectivity index (χ4n) is 4.72. The first-order valence-corrected chi connectivity index (χ1v) is 17.0. The van der Waals surface area contributed by atoms with Crippen LogP contribution in [0.25, 0.3) is 0 Å². The van der Waals surface area contributed by atoms with Crippen LogP contribution < -0.4 is 56.5 Å². The van der Waals surface area contributed by atoms with Crippen molar-refractivity contribution < 1.29 is 9.59 Å². The fourth-order valence-corrected chi connectivity index (χ4v) is 4.72. The Morgan fingerprint density at radius 3 is 0.845 bits per heavy atom. The van der Waals surface area contributed by atoms with Crippen molar-refractivity contribution in [1.82, 2.24) is 0 Å². The number of benzene rings is 2. The van der Waals surface area contributed by atoms with Crippen LogP contribution in [0.3, 0.4) is 0 Å². The van der Waals surface area contributed by atoms with Crippen LogP contribution in [-0.2, 0) is 9.59 Å². The summed E-state index contributed by atoms with van der Waals surface area (Å²) in [5.74, 6) is -1.03. The molecular weight excluding hydrogens is 834 g/mol. The van der Waals surface area contributed by atoms with Gasteiger partial charge in [-0.05, 0) is 76.9 Å². The van der Waals surface area contributed by atoms with E-state index in [2.05, 4.69) is 51.4 Å². The van der Waals surface area contributed by atoms with Crippen molar-refractivity contribution in [3.63, 3.8) is 0 Å². The fraction of sp³-hybridized carbons (Fsp3) is 0.353. The molecule has 0 fully saturated rings. The maximum Gasteiger partial charge on any atom is 0.224 e. The zero-order valence-corrected chi connectivity index (χ0v) is 36.0. The van der Waals surface area contributed by atoms with Crippen molar-refractivity contribution in [3.8, 4) is 0 Å². The maximum atomic E-state index is 12.8. The molecular formula is C34H56Cl4N18O2. The standard InChI is InChI=1S/C34H52N18O2.4ClH/c1-19(45-49-31(35)36)23-13-24(20(2)46-50-32(37)38)16-27(15-23)43-29(53)11-9-7-5-6-8-10-12-30(54)44-28-17-25(21(3)47-51-33(39)40)14-26(18-28)22(4)48-52-34(41)42;;;;/h13-18H,5-12H2,1-4H3,(H,43,53)(H,44,54)(H4,35,36,49)(H4,37,38,50)(H4,39,40,51)(H4,41,42,52);4*1H/b45-19-,46-20-,47-21-,48-22-;;;;. The average Bonchev–Trinajstić information content (AvgIpc) is 3.11. The topological polar surface area (TPSA) is 365 Å². The molecule has 0 aromatic heterocycles. The Morgan fingerprint density at radius 2 is 0.621 bits per heavy atom. The van der Waals surface area contributed by atoms with Gasteiger partial charge in [-0.15, -0.1) is 70.0 Å². The summed E-state index contributed by atoms with van der Waals surface area (Å²) in [5, 5.41) is 36.8. The van der Waals surface area contributed by atoms with E-state index < -0.39 is 0 Å². The van der Waals surface area contributed by atoms with Gasteiger partial charge in [0.25, 0.3) is 0 Å². The van der Waals surface area contributed by atoms with Gasteiger partial charge < -0.3 is 56.5 Å². The van der Waals surface area contributed by atoms with E-state index in [4.69, 9.17) is 45.9 Å². The Kier molecular flexibility index (Phi) is 28.8. The molecule has 0 aliphatic heterocycles. The normalized spacial score (nSPS) is 11.2. The number of nitrogens with two attached hydrogens (primary N) is 8. The van der Waals surface area contributed by atoms with E-state index in [1.807, 2.05) is 0 Å². The number of carbonyl (C=O) groups is 2. The molecule has 0 unspecified atom stereocenters. The number of hydrogen-bond acceptors (Lipinski definition) is 10. The Balaban J connectivity index is -0.00000756. The predicted octanol–water partition coefficient (Wildman–Crippen LogP) is 3.06. The first-order chi connectivity index (χ1) is 25.5. The lowest BCUT2D eigenvalue weighted by Gasteiger charge is -2.11. The molecule has 0 atom stereocenters. The van der Waals surface area contributed by atoms with Crippen LogP contribution in [0.1, 0.15) is 101 Å². The van der Waals surface area contributed by atoms with E-state index in [-0.39, 0.29) is 85.3 Å².